The van der Waals surface area contributed by atoms with Crippen molar-refractivity contribution in [1.82, 2.24) is 15.5 Å². The van der Waals surface area contributed by atoms with Crippen LogP contribution in [-0.2, 0) is 14.4 Å². The van der Waals surface area contributed by atoms with E-state index in [4.69, 9.17) is 5.73 Å². The third kappa shape index (κ3) is 4.76. The number of β-lactam (4-membered cyclic amide) rings is 1. The van der Waals surface area contributed by atoms with Gasteiger partial charge in [-0.25, -0.2) is 0 Å². The zero-order valence-corrected chi connectivity index (χ0v) is 25.9. The topological polar surface area (TPSA) is 125 Å². The van der Waals surface area contributed by atoms with Crippen molar-refractivity contribution in [2.45, 2.75) is 115 Å². The first kappa shape index (κ1) is 29.5. The normalized spacial score (nSPS) is 43.3. The molecule has 0 spiro atoms. The highest BCUT2D eigenvalue weighted by molar-refractivity contribution is 8.00. The molecule has 6 aliphatic rings. The van der Waals surface area contributed by atoms with Crippen LogP contribution in [0.4, 0.5) is 0 Å². The van der Waals surface area contributed by atoms with E-state index in [9.17, 15) is 19.5 Å². The fraction of sp³-hybridized carbons (Fsp3) is 0.844. The number of hydrogen-bond donors (Lipinski definition) is 4. The van der Waals surface area contributed by atoms with E-state index in [0.29, 0.717) is 52.9 Å². The van der Waals surface area contributed by atoms with E-state index in [2.05, 4.69) is 24.5 Å². The van der Waals surface area contributed by atoms with E-state index >= 15 is 0 Å². The Bertz CT molecular complexity index is 1110. The molecule has 0 bridgehead atoms. The number of carbonyl (C=O) groups is 3. The zero-order chi connectivity index (χ0) is 29.1. The molecule has 41 heavy (non-hydrogen) atoms. The molecule has 0 aromatic carbocycles. The molecule has 0 aromatic heterocycles. The molecule has 8 nitrogen and oxygen atoms in total. The molecule has 2 aliphatic heterocycles. The Labute approximate surface area is 249 Å². The van der Waals surface area contributed by atoms with Gasteiger partial charge < -0.3 is 21.5 Å². The SMILES string of the molecule is CC1=C(C(=O)NCN)N2C(=O)C(NC(=O)CCCC3CCC4C5C(O)CC6CCCCC6(C)C5CCC34C)C2SC1. The second kappa shape index (κ2) is 11.2. The van der Waals surface area contributed by atoms with Crippen LogP contribution in [-0.4, -0.2) is 57.7 Å². The summed E-state index contributed by atoms with van der Waals surface area (Å²) in [7, 11) is 0. The number of nitrogens with one attached hydrogen (secondary N) is 2. The smallest absolute Gasteiger partial charge is 0.269 e. The van der Waals surface area contributed by atoms with Gasteiger partial charge in [-0.3, -0.25) is 19.3 Å². The monoisotopic (exact) mass is 586 g/mol. The zero-order valence-electron chi connectivity index (χ0n) is 25.1. The maximum atomic E-state index is 13.0. The second-order valence-corrected chi connectivity index (χ2v) is 15.7. The highest BCUT2D eigenvalue weighted by atomic mass is 32.2. The predicted octanol–water partition coefficient (Wildman–Crippen LogP) is 3.88. The van der Waals surface area contributed by atoms with Crippen molar-refractivity contribution in [3.8, 4) is 0 Å². The van der Waals surface area contributed by atoms with E-state index in [1.54, 1.807) is 11.8 Å². The van der Waals surface area contributed by atoms with Crippen molar-refractivity contribution in [3.63, 3.8) is 0 Å². The van der Waals surface area contributed by atoms with Crippen molar-refractivity contribution in [3.05, 3.63) is 11.3 Å². The van der Waals surface area contributed by atoms with E-state index in [1.807, 2.05) is 6.92 Å². The van der Waals surface area contributed by atoms with Gasteiger partial charge >= 0.3 is 0 Å². The van der Waals surface area contributed by atoms with Gasteiger partial charge in [-0.1, -0.05) is 26.7 Å². The molecule has 0 radical (unpaired) electrons. The molecule has 5 N–H and O–H groups in total. The van der Waals surface area contributed by atoms with E-state index in [0.717, 1.165) is 24.8 Å². The maximum Gasteiger partial charge on any atom is 0.269 e. The molecular weight excluding hydrogens is 536 g/mol. The molecule has 3 amide bonds. The van der Waals surface area contributed by atoms with Crippen LogP contribution in [0.3, 0.4) is 0 Å². The van der Waals surface area contributed by atoms with Crippen LogP contribution in [0, 0.1) is 40.4 Å². The van der Waals surface area contributed by atoms with Gasteiger partial charge in [0, 0.05) is 12.2 Å². The van der Waals surface area contributed by atoms with Crippen LogP contribution >= 0.6 is 11.8 Å². The number of fused-ring (bicyclic) bond motifs is 6. The molecule has 2 heterocycles. The Hall–Kier alpha value is -1.58. The molecule has 10 atom stereocenters. The average molecular weight is 587 g/mol. The van der Waals surface area contributed by atoms with Gasteiger partial charge in [0.15, 0.2) is 0 Å². The van der Waals surface area contributed by atoms with Crippen molar-refractivity contribution in [1.29, 1.82) is 0 Å². The van der Waals surface area contributed by atoms with Crippen LogP contribution in [0.5, 0.6) is 0 Å². The largest absolute Gasteiger partial charge is 0.393 e. The molecule has 10 unspecified atom stereocenters. The number of aliphatic hydroxyl groups excluding tert-OH is 1. The third-order valence-electron chi connectivity index (χ3n) is 12.7. The maximum absolute atomic E-state index is 13.0. The number of hydrogen-bond acceptors (Lipinski definition) is 6. The number of amides is 3. The lowest BCUT2D eigenvalue weighted by atomic mass is 9.44. The Morgan fingerprint density at radius 3 is 2.66 bits per heavy atom. The van der Waals surface area contributed by atoms with Crippen LogP contribution in [0.1, 0.15) is 97.8 Å². The summed E-state index contributed by atoms with van der Waals surface area (Å²) in [4.78, 5) is 39.9. The number of aliphatic hydroxyl groups is 1. The number of carbonyl (C=O) groups excluding carboxylic acids is 3. The quantitative estimate of drug-likeness (QED) is 0.265. The van der Waals surface area contributed by atoms with Crippen molar-refractivity contribution in [2.75, 3.05) is 12.4 Å². The Kier molecular flexibility index (Phi) is 8.03. The Morgan fingerprint density at radius 2 is 1.88 bits per heavy atom. The summed E-state index contributed by atoms with van der Waals surface area (Å²) >= 11 is 1.59. The number of thioether (sulfide) groups is 1. The molecule has 4 saturated carbocycles. The summed E-state index contributed by atoms with van der Waals surface area (Å²) in [6.07, 6.45) is 13.4. The van der Waals surface area contributed by atoms with E-state index in [-0.39, 0.29) is 41.3 Å². The molecule has 0 aromatic rings. The van der Waals surface area contributed by atoms with Crippen LogP contribution < -0.4 is 16.4 Å². The highest BCUT2D eigenvalue weighted by Crippen LogP contribution is 2.67. The number of nitrogens with two attached hydrogens (primary N) is 1. The minimum atomic E-state index is -0.581. The summed E-state index contributed by atoms with van der Waals surface area (Å²) in [5.74, 6) is 3.00. The van der Waals surface area contributed by atoms with Crippen LogP contribution in [0.25, 0.3) is 0 Å². The summed E-state index contributed by atoms with van der Waals surface area (Å²) in [6.45, 7) is 6.91. The molecule has 6 rings (SSSR count). The lowest BCUT2D eigenvalue weighted by molar-refractivity contribution is -0.162. The molecule has 5 fully saturated rings. The predicted molar refractivity (Wildman–Crippen MR) is 160 cm³/mol. The summed E-state index contributed by atoms with van der Waals surface area (Å²) in [5.41, 5.74) is 7.37. The van der Waals surface area contributed by atoms with Crippen LogP contribution in [0.15, 0.2) is 11.3 Å². The van der Waals surface area contributed by atoms with Crippen molar-refractivity contribution < 1.29 is 19.5 Å². The minimum Gasteiger partial charge on any atom is -0.393 e. The van der Waals surface area contributed by atoms with Gasteiger partial charge in [-0.05, 0) is 111 Å². The van der Waals surface area contributed by atoms with Gasteiger partial charge in [-0.15, -0.1) is 11.8 Å². The lowest BCUT2D eigenvalue weighted by Crippen LogP contribution is -2.71. The first-order valence-electron chi connectivity index (χ1n) is 16.2. The van der Waals surface area contributed by atoms with Crippen LogP contribution in [0.2, 0.25) is 0 Å². The summed E-state index contributed by atoms with van der Waals surface area (Å²) < 4.78 is 0. The third-order valence-corrected chi connectivity index (χ3v) is 14.1. The first-order valence-corrected chi connectivity index (χ1v) is 17.2. The Morgan fingerprint density at radius 1 is 1.10 bits per heavy atom. The molecule has 1 saturated heterocycles. The number of nitrogens with zero attached hydrogens (tertiary/aromatic N) is 1. The lowest BCUT2D eigenvalue weighted by Gasteiger charge is -2.62. The highest BCUT2D eigenvalue weighted by Gasteiger charge is 2.62. The summed E-state index contributed by atoms with van der Waals surface area (Å²) in [5, 5.41) is 16.8. The Balaban J connectivity index is 1.02. The fourth-order valence-electron chi connectivity index (χ4n) is 10.6. The van der Waals surface area contributed by atoms with Crippen molar-refractivity contribution >= 4 is 29.5 Å². The standard InChI is InChI=1S/C32H50N4O4S/c1-18-16-41-30-26(29(40)36(30)27(18)28(39)34-17-33)35-24(38)9-6-8-19-10-11-21-25-22(12-14-32(19,21)3)31(2)13-5-4-7-20(31)15-23(25)37/h19-23,25-26,30,37H,4-17,33H2,1-3H3,(H,34,39)(H,35,38). The molecule has 228 valence electrons. The molecule has 4 aliphatic carbocycles. The number of rotatable bonds is 7. The van der Waals surface area contributed by atoms with Gasteiger partial charge in [0.2, 0.25) is 5.91 Å². The second-order valence-electron chi connectivity index (χ2n) is 14.5. The van der Waals surface area contributed by atoms with Gasteiger partial charge in [0.05, 0.1) is 12.8 Å². The summed E-state index contributed by atoms with van der Waals surface area (Å²) in [6, 6.07) is -0.581. The molecule has 9 heteroatoms. The average Bonchev–Trinajstić information content (AvgIpc) is 3.28. The molecular formula is C32H50N4O4S. The first-order chi connectivity index (χ1) is 19.6. The van der Waals surface area contributed by atoms with Gasteiger partial charge in [0.1, 0.15) is 17.1 Å². The van der Waals surface area contributed by atoms with Gasteiger partial charge in [0.25, 0.3) is 11.8 Å². The minimum absolute atomic E-state index is 0.0120. The fourth-order valence-corrected chi connectivity index (χ4v) is 11.9. The van der Waals surface area contributed by atoms with E-state index in [1.165, 1.54) is 56.3 Å². The van der Waals surface area contributed by atoms with E-state index < -0.39 is 6.04 Å². The van der Waals surface area contributed by atoms with Gasteiger partial charge in [-0.2, -0.15) is 0 Å². The van der Waals surface area contributed by atoms with Crippen molar-refractivity contribution in [2.24, 2.45) is 46.2 Å².